The van der Waals surface area contributed by atoms with Crippen LogP contribution in [0.3, 0.4) is 0 Å². The summed E-state index contributed by atoms with van der Waals surface area (Å²) in [4.78, 5) is 32.1. The van der Waals surface area contributed by atoms with E-state index in [-0.39, 0.29) is 11.5 Å². The fourth-order valence-electron chi connectivity index (χ4n) is 2.46. The van der Waals surface area contributed by atoms with E-state index in [1.165, 1.54) is 16.2 Å². The van der Waals surface area contributed by atoms with Crippen molar-refractivity contribution in [3.63, 3.8) is 0 Å². The van der Waals surface area contributed by atoms with Crippen LogP contribution < -0.4 is 5.56 Å². The minimum Gasteiger partial charge on any atom is -0.344 e. The van der Waals surface area contributed by atoms with Crippen LogP contribution in [-0.4, -0.2) is 34.5 Å². The van der Waals surface area contributed by atoms with Crippen LogP contribution in [0.25, 0.3) is 10.2 Å². The van der Waals surface area contributed by atoms with Crippen LogP contribution in [0.15, 0.2) is 41.5 Å². The Balaban J connectivity index is 2.11. The number of benzene rings is 1. The Hall–Kier alpha value is -2.47. The highest BCUT2D eigenvalue weighted by molar-refractivity contribution is 7.20. The van der Waals surface area contributed by atoms with Crippen LogP contribution in [0.5, 0.6) is 0 Å². The molecule has 0 spiro atoms. The molecule has 0 aliphatic rings. The average molecular weight is 327 g/mol. The minimum atomic E-state index is -0.106. The van der Waals surface area contributed by atoms with Crippen molar-refractivity contribution in [3.05, 3.63) is 63.0 Å². The first-order valence-electron chi connectivity index (χ1n) is 7.23. The predicted molar refractivity (Wildman–Crippen MR) is 92.2 cm³/mol. The van der Waals surface area contributed by atoms with Gasteiger partial charge in [0, 0.05) is 14.1 Å². The van der Waals surface area contributed by atoms with Gasteiger partial charge in [-0.3, -0.25) is 14.2 Å². The number of hydrogen-bond acceptors (Lipinski definition) is 4. The Bertz CT molecular complexity index is 926. The molecule has 1 amide bonds. The molecule has 3 aromatic rings. The quantitative estimate of drug-likeness (QED) is 0.743. The van der Waals surface area contributed by atoms with Gasteiger partial charge in [0.05, 0.1) is 23.1 Å². The zero-order valence-corrected chi connectivity index (χ0v) is 14.1. The second kappa shape index (κ2) is 5.96. The van der Waals surface area contributed by atoms with E-state index in [1.54, 1.807) is 25.0 Å². The summed E-state index contributed by atoms with van der Waals surface area (Å²) >= 11 is 1.27. The molecule has 2 aromatic heterocycles. The molecule has 1 aromatic carbocycles. The van der Waals surface area contributed by atoms with Gasteiger partial charge in [-0.25, -0.2) is 4.98 Å². The fraction of sp³-hybridized carbons (Fsp3) is 0.235. The third-order valence-corrected chi connectivity index (χ3v) is 4.90. The molecule has 0 aliphatic heterocycles. The van der Waals surface area contributed by atoms with E-state index < -0.39 is 0 Å². The van der Waals surface area contributed by atoms with Gasteiger partial charge in [0.1, 0.15) is 4.83 Å². The average Bonchev–Trinajstić information content (AvgIpc) is 2.88. The van der Waals surface area contributed by atoms with E-state index in [0.717, 1.165) is 5.56 Å². The molecule has 0 N–H and O–H groups in total. The largest absolute Gasteiger partial charge is 0.344 e. The highest BCUT2D eigenvalue weighted by atomic mass is 32.1. The summed E-state index contributed by atoms with van der Waals surface area (Å²) in [5, 5.41) is 0.540. The normalized spacial score (nSPS) is 10.9. The van der Waals surface area contributed by atoms with E-state index in [0.29, 0.717) is 27.2 Å². The van der Waals surface area contributed by atoms with Crippen LogP contribution in [0.2, 0.25) is 0 Å². The highest BCUT2D eigenvalue weighted by Crippen LogP contribution is 2.27. The van der Waals surface area contributed by atoms with Gasteiger partial charge < -0.3 is 4.90 Å². The van der Waals surface area contributed by atoms with Gasteiger partial charge in [0.25, 0.3) is 11.5 Å². The second-order valence-electron chi connectivity index (χ2n) is 5.60. The molecule has 0 radical (unpaired) electrons. The molecular formula is C17H17N3O2S. The summed E-state index contributed by atoms with van der Waals surface area (Å²) < 4.78 is 1.58. The van der Waals surface area contributed by atoms with Crippen LogP contribution in [-0.2, 0) is 6.54 Å². The summed E-state index contributed by atoms with van der Waals surface area (Å²) in [6.07, 6.45) is 1.55. The molecule has 0 saturated carbocycles. The topological polar surface area (TPSA) is 55.2 Å². The van der Waals surface area contributed by atoms with Gasteiger partial charge in [-0.05, 0) is 18.1 Å². The Morgan fingerprint density at radius 1 is 1.26 bits per heavy atom. The van der Waals surface area contributed by atoms with E-state index in [4.69, 9.17) is 0 Å². The molecule has 118 valence electrons. The van der Waals surface area contributed by atoms with Crippen LogP contribution in [0.4, 0.5) is 0 Å². The maximum Gasteiger partial charge on any atom is 0.263 e. The monoisotopic (exact) mass is 327 g/mol. The molecule has 0 bridgehead atoms. The van der Waals surface area contributed by atoms with Crippen molar-refractivity contribution in [2.24, 2.45) is 0 Å². The number of fused-ring (bicyclic) bond motifs is 1. The summed E-state index contributed by atoms with van der Waals surface area (Å²) in [6.45, 7) is 2.28. The Morgan fingerprint density at radius 2 is 1.96 bits per heavy atom. The van der Waals surface area contributed by atoms with E-state index >= 15 is 0 Å². The van der Waals surface area contributed by atoms with Crippen molar-refractivity contribution < 1.29 is 4.79 Å². The van der Waals surface area contributed by atoms with Crippen molar-refractivity contribution in [1.82, 2.24) is 14.5 Å². The molecule has 0 atom stereocenters. The summed E-state index contributed by atoms with van der Waals surface area (Å²) in [7, 11) is 3.40. The molecule has 0 saturated heterocycles. The van der Waals surface area contributed by atoms with Crippen molar-refractivity contribution in [2.75, 3.05) is 14.1 Å². The molecule has 0 fully saturated rings. The fourth-order valence-corrected chi connectivity index (χ4v) is 3.62. The zero-order valence-electron chi connectivity index (χ0n) is 13.2. The van der Waals surface area contributed by atoms with Crippen molar-refractivity contribution in [1.29, 1.82) is 0 Å². The number of carbonyl (C=O) groups is 1. The lowest BCUT2D eigenvalue weighted by molar-refractivity contribution is 0.0831. The number of rotatable bonds is 3. The van der Waals surface area contributed by atoms with Gasteiger partial charge in [0.2, 0.25) is 0 Å². The van der Waals surface area contributed by atoms with Crippen molar-refractivity contribution in [2.45, 2.75) is 13.5 Å². The standard InChI is InChI=1S/C17H17N3O2S/c1-11-13-15(23-14(11)17(22)19(2)3)18-10-20(16(13)21)9-12-7-5-4-6-8-12/h4-8,10H,9H2,1-3H3. The van der Waals surface area contributed by atoms with E-state index in [1.807, 2.05) is 37.3 Å². The van der Waals surface area contributed by atoms with Gasteiger partial charge >= 0.3 is 0 Å². The van der Waals surface area contributed by atoms with Gasteiger partial charge in [-0.2, -0.15) is 0 Å². The highest BCUT2D eigenvalue weighted by Gasteiger charge is 2.20. The SMILES string of the molecule is Cc1c(C(=O)N(C)C)sc2ncn(Cc3ccccc3)c(=O)c12. The maximum atomic E-state index is 12.8. The van der Waals surface area contributed by atoms with Crippen molar-refractivity contribution >= 4 is 27.5 Å². The first kappa shape index (κ1) is 15.4. The third-order valence-electron chi connectivity index (χ3n) is 3.71. The Labute approximate surface area is 137 Å². The molecule has 0 aliphatic carbocycles. The van der Waals surface area contributed by atoms with Crippen LogP contribution >= 0.6 is 11.3 Å². The molecule has 0 unspecified atom stereocenters. The lowest BCUT2D eigenvalue weighted by atomic mass is 10.2. The summed E-state index contributed by atoms with van der Waals surface area (Å²) in [6, 6.07) is 9.76. The summed E-state index contributed by atoms with van der Waals surface area (Å²) in [5.74, 6) is -0.0977. The molecule has 2 heterocycles. The summed E-state index contributed by atoms with van der Waals surface area (Å²) in [5.41, 5.74) is 1.64. The van der Waals surface area contributed by atoms with E-state index in [9.17, 15) is 9.59 Å². The van der Waals surface area contributed by atoms with Crippen LogP contribution in [0, 0.1) is 6.92 Å². The predicted octanol–water partition coefficient (Wildman–Crippen LogP) is 2.52. The first-order chi connectivity index (χ1) is 11.0. The minimum absolute atomic E-state index is 0.0977. The van der Waals surface area contributed by atoms with Crippen molar-refractivity contribution in [3.8, 4) is 0 Å². The zero-order chi connectivity index (χ0) is 16.6. The van der Waals surface area contributed by atoms with Gasteiger partial charge in [-0.15, -0.1) is 11.3 Å². The van der Waals surface area contributed by atoms with Gasteiger partial charge in [0.15, 0.2) is 0 Å². The molecule has 3 rings (SSSR count). The lowest BCUT2D eigenvalue weighted by Gasteiger charge is -2.08. The maximum absolute atomic E-state index is 12.8. The number of nitrogens with zero attached hydrogens (tertiary/aromatic N) is 3. The number of carbonyl (C=O) groups excluding carboxylic acids is 1. The number of aryl methyl sites for hydroxylation is 1. The van der Waals surface area contributed by atoms with Gasteiger partial charge in [-0.1, -0.05) is 30.3 Å². The van der Waals surface area contributed by atoms with Crippen LogP contribution in [0.1, 0.15) is 20.8 Å². The smallest absolute Gasteiger partial charge is 0.263 e. The molecule has 6 heteroatoms. The molecular weight excluding hydrogens is 310 g/mol. The molecule has 5 nitrogen and oxygen atoms in total. The number of thiophene rings is 1. The second-order valence-corrected chi connectivity index (χ2v) is 6.60. The Kier molecular flexibility index (Phi) is 4.00. The number of aromatic nitrogens is 2. The Morgan fingerprint density at radius 3 is 2.61 bits per heavy atom. The number of hydrogen-bond donors (Lipinski definition) is 0. The molecule has 23 heavy (non-hydrogen) atoms. The lowest BCUT2D eigenvalue weighted by Crippen LogP contribution is -2.22. The van der Waals surface area contributed by atoms with E-state index in [2.05, 4.69) is 4.98 Å². The number of amides is 1. The first-order valence-corrected chi connectivity index (χ1v) is 8.05. The third kappa shape index (κ3) is 2.77.